The molecule has 154 valence electrons. The lowest BCUT2D eigenvalue weighted by Gasteiger charge is -2.36. The number of rotatable bonds is 6. The van der Waals surface area contributed by atoms with Gasteiger partial charge in [-0.2, -0.15) is 0 Å². The van der Waals surface area contributed by atoms with Crippen molar-refractivity contribution < 1.29 is 14.3 Å². The lowest BCUT2D eigenvalue weighted by Crippen LogP contribution is -2.46. The Morgan fingerprint density at radius 3 is 2.69 bits per heavy atom. The van der Waals surface area contributed by atoms with Gasteiger partial charge in [0.2, 0.25) is 6.79 Å². The molecule has 0 radical (unpaired) electrons. The van der Waals surface area contributed by atoms with E-state index in [1.165, 1.54) is 5.56 Å². The molecule has 0 aliphatic carbocycles. The van der Waals surface area contributed by atoms with Gasteiger partial charge in [-0.3, -0.25) is 14.7 Å². The number of hydrogen-bond donors (Lipinski definition) is 1. The van der Waals surface area contributed by atoms with Gasteiger partial charge < -0.3 is 19.7 Å². The van der Waals surface area contributed by atoms with Crippen LogP contribution in [0.15, 0.2) is 36.7 Å². The van der Waals surface area contributed by atoms with E-state index in [4.69, 9.17) is 9.47 Å². The number of amides is 1. The number of carbonyl (C=O) groups is 1. The number of fused-ring (bicyclic) bond motifs is 1. The zero-order valence-electron chi connectivity index (χ0n) is 17.1. The largest absolute Gasteiger partial charge is 0.454 e. The molecule has 7 heteroatoms. The van der Waals surface area contributed by atoms with Gasteiger partial charge in [0, 0.05) is 45.5 Å². The predicted octanol–water partition coefficient (Wildman–Crippen LogP) is 2.52. The van der Waals surface area contributed by atoms with Gasteiger partial charge >= 0.3 is 0 Å². The third-order valence-electron chi connectivity index (χ3n) is 5.24. The second-order valence-electron chi connectivity index (χ2n) is 7.99. The molecule has 4 rings (SSSR count). The molecule has 1 N–H and O–H groups in total. The minimum absolute atomic E-state index is 0.0607. The summed E-state index contributed by atoms with van der Waals surface area (Å²) in [4.78, 5) is 21.3. The first-order valence-corrected chi connectivity index (χ1v) is 10.2. The van der Waals surface area contributed by atoms with E-state index in [1.807, 2.05) is 18.3 Å². The summed E-state index contributed by atoms with van der Waals surface area (Å²) >= 11 is 0. The van der Waals surface area contributed by atoms with Crippen LogP contribution in [0.25, 0.3) is 0 Å². The van der Waals surface area contributed by atoms with Crippen molar-refractivity contribution in [1.29, 1.82) is 0 Å². The van der Waals surface area contributed by atoms with Gasteiger partial charge in [-0.15, -0.1) is 0 Å². The van der Waals surface area contributed by atoms with E-state index in [1.54, 1.807) is 6.20 Å². The quantitative estimate of drug-likeness (QED) is 0.809. The third-order valence-corrected chi connectivity index (χ3v) is 5.24. The van der Waals surface area contributed by atoms with E-state index in [-0.39, 0.29) is 5.91 Å². The maximum absolute atomic E-state index is 12.3. The van der Waals surface area contributed by atoms with Crippen LogP contribution in [-0.4, -0.2) is 55.3 Å². The zero-order valence-corrected chi connectivity index (χ0v) is 17.1. The fourth-order valence-corrected chi connectivity index (χ4v) is 3.59. The molecule has 1 saturated heterocycles. The highest BCUT2D eigenvalue weighted by Gasteiger charge is 2.20. The van der Waals surface area contributed by atoms with Crippen molar-refractivity contribution in [2.24, 2.45) is 5.92 Å². The molecule has 0 bridgehead atoms. The van der Waals surface area contributed by atoms with Gasteiger partial charge in [0.25, 0.3) is 5.91 Å². The zero-order chi connectivity index (χ0) is 20.2. The summed E-state index contributed by atoms with van der Waals surface area (Å²) in [5.74, 6) is 2.02. The highest BCUT2D eigenvalue weighted by molar-refractivity contribution is 5.94. The number of anilines is 1. The Kier molecular flexibility index (Phi) is 5.85. The summed E-state index contributed by atoms with van der Waals surface area (Å²) in [6, 6.07) is 8.09. The number of nitrogens with zero attached hydrogens (tertiary/aromatic N) is 3. The van der Waals surface area contributed by atoms with Gasteiger partial charge in [0.1, 0.15) is 0 Å². The van der Waals surface area contributed by atoms with E-state index in [0.29, 0.717) is 24.8 Å². The molecule has 7 nitrogen and oxygen atoms in total. The maximum atomic E-state index is 12.3. The van der Waals surface area contributed by atoms with Crippen molar-refractivity contribution in [3.8, 4) is 11.5 Å². The second-order valence-corrected chi connectivity index (χ2v) is 7.99. The van der Waals surface area contributed by atoms with Crippen LogP contribution in [0, 0.1) is 5.92 Å². The first-order chi connectivity index (χ1) is 14.1. The minimum atomic E-state index is -0.0607. The number of carbonyl (C=O) groups excluding carboxylic acids is 1. The van der Waals surface area contributed by atoms with E-state index in [2.05, 4.69) is 46.1 Å². The Morgan fingerprint density at radius 1 is 1.10 bits per heavy atom. The van der Waals surface area contributed by atoms with Crippen LogP contribution in [0.1, 0.15) is 29.8 Å². The van der Waals surface area contributed by atoms with Crippen molar-refractivity contribution in [1.82, 2.24) is 15.2 Å². The fourth-order valence-electron chi connectivity index (χ4n) is 3.59. The molecule has 0 spiro atoms. The first kappa shape index (κ1) is 19.5. The SMILES string of the molecule is CC(C)CNC(=O)c1cncc(N2CCN(Cc3ccc4c(c3)OCO4)CC2)c1. The average molecular weight is 396 g/mol. The standard InChI is InChI=1S/C22H28N4O3/c1-16(2)11-24-22(27)18-10-19(13-23-12-18)26-7-5-25(6-8-26)14-17-3-4-20-21(9-17)29-15-28-20/h3-4,9-10,12-13,16H,5-8,11,14-15H2,1-2H3,(H,24,27). The number of pyridine rings is 1. The molecule has 1 aromatic heterocycles. The van der Waals surface area contributed by atoms with Crippen LogP contribution >= 0.6 is 0 Å². The Hall–Kier alpha value is -2.80. The van der Waals surface area contributed by atoms with E-state index in [0.717, 1.165) is 49.9 Å². The number of piperazine rings is 1. The molecule has 2 aliphatic heterocycles. The van der Waals surface area contributed by atoms with Crippen LogP contribution in [0.3, 0.4) is 0 Å². The van der Waals surface area contributed by atoms with Gasteiger partial charge in [-0.1, -0.05) is 19.9 Å². The summed E-state index contributed by atoms with van der Waals surface area (Å²) in [7, 11) is 0. The Balaban J connectivity index is 1.32. The summed E-state index contributed by atoms with van der Waals surface area (Å²) in [5, 5.41) is 2.96. The van der Waals surface area contributed by atoms with Crippen molar-refractivity contribution in [3.63, 3.8) is 0 Å². The second kappa shape index (κ2) is 8.69. The molecule has 2 aliphatic rings. The molecule has 1 amide bonds. The van der Waals surface area contributed by atoms with Gasteiger partial charge in [-0.05, 0) is 29.7 Å². The average Bonchev–Trinajstić information content (AvgIpc) is 3.20. The number of nitrogens with one attached hydrogen (secondary N) is 1. The van der Waals surface area contributed by atoms with Crippen molar-refractivity contribution in [2.45, 2.75) is 20.4 Å². The molecule has 0 saturated carbocycles. The topological polar surface area (TPSA) is 66.9 Å². The summed E-state index contributed by atoms with van der Waals surface area (Å²) < 4.78 is 10.9. The third kappa shape index (κ3) is 4.79. The number of hydrogen-bond acceptors (Lipinski definition) is 6. The van der Waals surface area contributed by atoms with Crippen molar-refractivity contribution >= 4 is 11.6 Å². The van der Waals surface area contributed by atoms with Crippen molar-refractivity contribution in [2.75, 3.05) is 44.4 Å². The molecule has 1 fully saturated rings. The van der Waals surface area contributed by atoms with Gasteiger partial charge in [-0.25, -0.2) is 0 Å². The monoisotopic (exact) mass is 396 g/mol. The molecular formula is C22H28N4O3. The summed E-state index contributed by atoms with van der Waals surface area (Å²) in [6.45, 7) is 9.75. The predicted molar refractivity (Wildman–Crippen MR) is 111 cm³/mol. The van der Waals surface area contributed by atoms with E-state index in [9.17, 15) is 4.79 Å². The van der Waals surface area contributed by atoms with Crippen LogP contribution in [-0.2, 0) is 6.54 Å². The highest BCUT2D eigenvalue weighted by Crippen LogP contribution is 2.33. The number of benzene rings is 1. The Bertz CT molecular complexity index is 863. The summed E-state index contributed by atoms with van der Waals surface area (Å²) in [5.41, 5.74) is 2.85. The lowest BCUT2D eigenvalue weighted by atomic mass is 10.1. The lowest BCUT2D eigenvalue weighted by molar-refractivity contribution is 0.0948. The van der Waals surface area contributed by atoms with Gasteiger partial charge in [0.15, 0.2) is 11.5 Å². The van der Waals surface area contributed by atoms with Crippen LogP contribution in [0.2, 0.25) is 0 Å². The molecule has 0 atom stereocenters. The number of ether oxygens (including phenoxy) is 2. The normalized spacial score (nSPS) is 16.3. The van der Waals surface area contributed by atoms with Crippen LogP contribution in [0.4, 0.5) is 5.69 Å². The first-order valence-electron chi connectivity index (χ1n) is 10.2. The smallest absolute Gasteiger partial charge is 0.252 e. The molecular weight excluding hydrogens is 368 g/mol. The van der Waals surface area contributed by atoms with Crippen LogP contribution < -0.4 is 19.7 Å². The fraction of sp³-hybridized carbons (Fsp3) is 0.455. The molecule has 1 aromatic carbocycles. The molecule has 3 heterocycles. The molecule has 29 heavy (non-hydrogen) atoms. The number of aromatic nitrogens is 1. The highest BCUT2D eigenvalue weighted by atomic mass is 16.7. The Labute approximate surface area is 171 Å². The molecule has 0 unspecified atom stereocenters. The van der Waals surface area contributed by atoms with E-state index >= 15 is 0 Å². The van der Waals surface area contributed by atoms with Gasteiger partial charge in [0.05, 0.1) is 17.4 Å². The van der Waals surface area contributed by atoms with Crippen molar-refractivity contribution in [3.05, 3.63) is 47.8 Å². The maximum Gasteiger partial charge on any atom is 0.252 e. The Morgan fingerprint density at radius 2 is 1.90 bits per heavy atom. The van der Waals surface area contributed by atoms with E-state index < -0.39 is 0 Å². The minimum Gasteiger partial charge on any atom is -0.454 e. The molecule has 2 aromatic rings. The van der Waals surface area contributed by atoms with Crippen LogP contribution in [0.5, 0.6) is 11.5 Å². The summed E-state index contributed by atoms with van der Waals surface area (Å²) in [6.07, 6.45) is 3.47.